The number of hydrogen-bond acceptors (Lipinski definition) is 3. The molecular weight excluding hydrogens is 310 g/mol. The van der Waals surface area contributed by atoms with E-state index in [9.17, 15) is 4.79 Å². The molecule has 1 aliphatic carbocycles. The molecule has 4 heteroatoms. The Balaban J connectivity index is 1.44. The predicted molar refractivity (Wildman–Crippen MR) is 100 cm³/mol. The minimum Gasteiger partial charge on any atom is -0.370 e. The van der Waals surface area contributed by atoms with Gasteiger partial charge in [0.2, 0.25) is 5.91 Å². The van der Waals surface area contributed by atoms with E-state index in [1.165, 1.54) is 50.8 Å². The van der Waals surface area contributed by atoms with Crippen molar-refractivity contribution in [3.05, 3.63) is 35.9 Å². The number of hydrogen-bond donors (Lipinski definition) is 1. The maximum atomic E-state index is 11.1. The Kier molecular flexibility index (Phi) is 4.83. The number of carbonyl (C=O) groups excluding carboxylic acids is 1. The molecule has 1 spiro atoms. The number of nitrogens with zero attached hydrogens (tertiary/aromatic N) is 2. The first-order chi connectivity index (χ1) is 12.1. The lowest BCUT2D eigenvalue weighted by Gasteiger charge is -2.50. The lowest BCUT2D eigenvalue weighted by molar-refractivity contribution is -0.118. The smallest absolute Gasteiger partial charge is 0.218 e. The van der Waals surface area contributed by atoms with Gasteiger partial charge in [0.05, 0.1) is 0 Å². The molecule has 0 radical (unpaired) electrons. The van der Waals surface area contributed by atoms with Gasteiger partial charge in [-0.05, 0) is 62.1 Å². The van der Waals surface area contributed by atoms with Crippen molar-refractivity contribution in [2.75, 3.05) is 32.7 Å². The molecule has 2 N–H and O–H groups in total. The van der Waals surface area contributed by atoms with Gasteiger partial charge in [0.15, 0.2) is 0 Å². The number of carbonyl (C=O) groups is 1. The highest BCUT2D eigenvalue weighted by atomic mass is 16.1. The third-order valence-corrected chi connectivity index (χ3v) is 6.60. The van der Waals surface area contributed by atoms with Crippen molar-refractivity contribution >= 4 is 5.91 Å². The Morgan fingerprint density at radius 2 is 1.88 bits per heavy atom. The summed E-state index contributed by atoms with van der Waals surface area (Å²) in [6.07, 6.45) is 7.12. The van der Waals surface area contributed by atoms with Crippen LogP contribution in [-0.2, 0) is 4.79 Å². The van der Waals surface area contributed by atoms with Crippen LogP contribution in [0.5, 0.6) is 0 Å². The van der Waals surface area contributed by atoms with Crippen LogP contribution in [0.25, 0.3) is 0 Å². The molecule has 4 nitrogen and oxygen atoms in total. The van der Waals surface area contributed by atoms with Crippen LogP contribution in [0, 0.1) is 5.41 Å². The first kappa shape index (κ1) is 17.0. The standard InChI is InChI=1S/C21H31N3O/c22-20(25)8-11-23-12-9-21(10-13-23)14-18(17-4-2-1-3-5-17)15-24(16-21)19-6-7-19/h1-5,18-19H,6-16H2,(H2,22,25)/t18-/m1/s1. The van der Waals surface area contributed by atoms with Gasteiger partial charge in [0.25, 0.3) is 0 Å². The molecule has 3 fully saturated rings. The number of likely N-dealkylation sites (tertiary alicyclic amines) is 2. The van der Waals surface area contributed by atoms with E-state index in [2.05, 4.69) is 40.1 Å². The van der Waals surface area contributed by atoms with E-state index in [-0.39, 0.29) is 5.91 Å². The summed E-state index contributed by atoms with van der Waals surface area (Å²) in [6, 6.07) is 12.0. The van der Waals surface area contributed by atoms with Crippen LogP contribution in [0.4, 0.5) is 0 Å². The van der Waals surface area contributed by atoms with Crippen molar-refractivity contribution in [2.45, 2.75) is 50.5 Å². The monoisotopic (exact) mass is 341 g/mol. The summed E-state index contributed by atoms with van der Waals surface area (Å²) in [6.45, 7) is 5.59. The maximum absolute atomic E-state index is 11.1. The summed E-state index contributed by atoms with van der Waals surface area (Å²) in [5.41, 5.74) is 7.29. The first-order valence-electron chi connectivity index (χ1n) is 9.93. The molecule has 136 valence electrons. The number of piperidine rings is 2. The van der Waals surface area contributed by atoms with E-state index in [0.717, 1.165) is 25.7 Å². The third kappa shape index (κ3) is 4.06. The van der Waals surface area contributed by atoms with Crippen molar-refractivity contribution in [2.24, 2.45) is 11.1 Å². The van der Waals surface area contributed by atoms with Crippen LogP contribution < -0.4 is 5.73 Å². The average Bonchev–Trinajstić information content (AvgIpc) is 3.47. The summed E-state index contributed by atoms with van der Waals surface area (Å²) in [5, 5.41) is 0. The molecule has 1 saturated carbocycles. The second-order valence-corrected chi connectivity index (χ2v) is 8.53. The van der Waals surface area contributed by atoms with Gasteiger partial charge in [-0.3, -0.25) is 9.69 Å². The molecule has 0 aromatic heterocycles. The number of primary amides is 1. The van der Waals surface area contributed by atoms with Gasteiger partial charge in [-0.1, -0.05) is 30.3 Å². The molecule has 3 aliphatic rings. The van der Waals surface area contributed by atoms with Crippen molar-refractivity contribution in [3.63, 3.8) is 0 Å². The van der Waals surface area contributed by atoms with E-state index < -0.39 is 0 Å². The fourth-order valence-electron chi connectivity index (χ4n) is 4.98. The highest BCUT2D eigenvalue weighted by Crippen LogP contribution is 2.47. The molecule has 0 bridgehead atoms. The van der Waals surface area contributed by atoms with Gasteiger partial charge in [-0.2, -0.15) is 0 Å². The molecule has 2 aliphatic heterocycles. The fourth-order valence-corrected chi connectivity index (χ4v) is 4.98. The van der Waals surface area contributed by atoms with E-state index in [0.29, 0.717) is 17.8 Å². The van der Waals surface area contributed by atoms with Gasteiger partial charge in [-0.25, -0.2) is 0 Å². The van der Waals surface area contributed by atoms with Crippen LogP contribution in [0.15, 0.2) is 30.3 Å². The van der Waals surface area contributed by atoms with Gasteiger partial charge < -0.3 is 10.6 Å². The molecule has 4 rings (SSSR count). The average molecular weight is 341 g/mol. The van der Waals surface area contributed by atoms with Gasteiger partial charge >= 0.3 is 0 Å². The van der Waals surface area contributed by atoms with E-state index >= 15 is 0 Å². The molecule has 2 saturated heterocycles. The zero-order valence-electron chi connectivity index (χ0n) is 15.2. The fraction of sp³-hybridized carbons (Fsp3) is 0.667. The molecule has 1 aromatic rings. The summed E-state index contributed by atoms with van der Waals surface area (Å²) < 4.78 is 0. The molecule has 0 unspecified atom stereocenters. The number of rotatable bonds is 5. The SMILES string of the molecule is NC(=O)CCN1CCC2(CC1)C[C@@H](c1ccccc1)CN(C1CC1)C2. The summed E-state index contributed by atoms with van der Waals surface area (Å²) in [5.74, 6) is 0.495. The Bertz CT molecular complexity index is 590. The quantitative estimate of drug-likeness (QED) is 0.895. The van der Waals surface area contributed by atoms with Crippen LogP contribution in [0.1, 0.15) is 50.0 Å². The van der Waals surface area contributed by atoms with Crippen molar-refractivity contribution in [1.82, 2.24) is 9.80 Å². The van der Waals surface area contributed by atoms with Crippen LogP contribution in [0.2, 0.25) is 0 Å². The largest absolute Gasteiger partial charge is 0.370 e. The maximum Gasteiger partial charge on any atom is 0.218 e. The summed E-state index contributed by atoms with van der Waals surface area (Å²) in [4.78, 5) is 16.3. The number of benzene rings is 1. The highest BCUT2D eigenvalue weighted by molar-refractivity contribution is 5.73. The highest BCUT2D eigenvalue weighted by Gasteiger charge is 2.45. The third-order valence-electron chi connectivity index (χ3n) is 6.60. The van der Waals surface area contributed by atoms with Gasteiger partial charge in [-0.15, -0.1) is 0 Å². The van der Waals surface area contributed by atoms with Crippen molar-refractivity contribution in [1.29, 1.82) is 0 Å². The van der Waals surface area contributed by atoms with E-state index in [1.807, 2.05) is 0 Å². The molecular formula is C21H31N3O. The minimum atomic E-state index is -0.179. The van der Waals surface area contributed by atoms with E-state index in [1.54, 1.807) is 0 Å². The van der Waals surface area contributed by atoms with Crippen molar-refractivity contribution in [3.8, 4) is 0 Å². The van der Waals surface area contributed by atoms with Crippen LogP contribution in [-0.4, -0.2) is 54.5 Å². The molecule has 2 heterocycles. The zero-order chi connectivity index (χ0) is 17.3. The summed E-state index contributed by atoms with van der Waals surface area (Å²) in [7, 11) is 0. The number of nitrogens with two attached hydrogens (primary N) is 1. The number of amides is 1. The van der Waals surface area contributed by atoms with Gasteiger partial charge in [0.1, 0.15) is 0 Å². The minimum absolute atomic E-state index is 0.179. The van der Waals surface area contributed by atoms with E-state index in [4.69, 9.17) is 5.73 Å². The second-order valence-electron chi connectivity index (χ2n) is 8.53. The lowest BCUT2D eigenvalue weighted by atomic mass is 9.68. The molecule has 25 heavy (non-hydrogen) atoms. The van der Waals surface area contributed by atoms with Gasteiger partial charge in [0, 0.05) is 32.1 Å². The Morgan fingerprint density at radius 3 is 2.52 bits per heavy atom. The van der Waals surface area contributed by atoms with Crippen LogP contribution in [0.3, 0.4) is 0 Å². The molecule has 1 aromatic carbocycles. The van der Waals surface area contributed by atoms with Crippen LogP contribution >= 0.6 is 0 Å². The Hall–Kier alpha value is -1.39. The normalized spacial score (nSPS) is 27.4. The topological polar surface area (TPSA) is 49.6 Å². The van der Waals surface area contributed by atoms with Crippen molar-refractivity contribution < 1.29 is 4.79 Å². The summed E-state index contributed by atoms with van der Waals surface area (Å²) >= 11 is 0. The Morgan fingerprint density at radius 1 is 1.16 bits per heavy atom. The predicted octanol–water partition coefficient (Wildman–Crippen LogP) is 2.60. The molecule has 1 amide bonds. The first-order valence-corrected chi connectivity index (χ1v) is 9.93. The Labute approximate surface area is 151 Å². The second kappa shape index (κ2) is 7.08. The molecule has 1 atom stereocenters. The lowest BCUT2D eigenvalue weighted by Crippen LogP contribution is -2.52. The zero-order valence-corrected chi connectivity index (χ0v) is 15.2.